The Kier molecular flexibility index (Phi) is 9.75. The summed E-state index contributed by atoms with van der Waals surface area (Å²) in [6, 6.07) is 14.9. The fourth-order valence-electron chi connectivity index (χ4n) is 5.52. The molecule has 1 aliphatic carbocycles. The van der Waals surface area contributed by atoms with E-state index in [1.165, 1.54) is 16.3 Å². The van der Waals surface area contributed by atoms with Gasteiger partial charge in [0, 0.05) is 18.4 Å². The van der Waals surface area contributed by atoms with Crippen LogP contribution in [0.15, 0.2) is 42.5 Å². The molecule has 0 saturated heterocycles. The molecule has 0 spiro atoms. The second-order valence-electron chi connectivity index (χ2n) is 12.9. The predicted octanol–water partition coefficient (Wildman–Crippen LogP) is 7.32. The number of aromatic hydroxyl groups is 1. The van der Waals surface area contributed by atoms with E-state index in [0.29, 0.717) is 32.0 Å². The van der Waals surface area contributed by atoms with Crippen molar-refractivity contribution in [3.05, 3.63) is 59.5 Å². The Balaban J connectivity index is 1.61. The van der Waals surface area contributed by atoms with Gasteiger partial charge in [-0.1, -0.05) is 89.4 Å². The Hall–Kier alpha value is -2.97. The Morgan fingerprint density at radius 1 is 1.05 bits per heavy atom. The summed E-state index contributed by atoms with van der Waals surface area (Å²) in [6.45, 7) is 14.2. The third-order valence-electron chi connectivity index (χ3n) is 8.93. The van der Waals surface area contributed by atoms with Gasteiger partial charge in [0.15, 0.2) is 14.0 Å². The smallest absolute Gasteiger partial charge is 0.274 e. The van der Waals surface area contributed by atoms with Gasteiger partial charge in [0.1, 0.15) is 5.82 Å². The van der Waals surface area contributed by atoms with Gasteiger partial charge in [-0.15, -0.1) is 0 Å². The molecule has 3 aromatic rings. The van der Waals surface area contributed by atoms with E-state index in [4.69, 9.17) is 14.1 Å². The van der Waals surface area contributed by atoms with Crippen LogP contribution in [0.2, 0.25) is 18.1 Å². The first-order chi connectivity index (χ1) is 19.5. The summed E-state index contributed by atoms with van der Waals surface area (Å²) in [7, 11) is -1.93. The van der Waals surface area contributed by atoms with Gasteiger partial charge >= 0.3 is 0 Å². The SMILES string of the molecule is CCCCOc1c(O)nc(CC2(c3cccc4ccccc34)CCCC2)nc1C(=O)NCCO[Si](C)(C)C(C)(C)C. The van der Waals surface area contributed by atoms with Crippen LogP contribution in [-0.2, 0) is 16.3 Å². The van der Waals surface area contributed by atoms with E-state index in [-0.39, 0.29) is 33.7 Å². The van der Waals surface area contributed by atoms with Gasteiger partial charge in [0.2, 0.25) is 5.75 Å². The zero-order chi connectivity index (χ0) is 29.7. The first-order valence-corrected chi connectivity index (χ1v) is 18.0. The molecule has 1 aromatic heterocycles. The zero-order valence-corrected chi connectivity index (χ0v) is 26.7. The van der Waals surface area contributed by atoms with E-state index in [9.17, 15) is 9.90 Å². The summed E-state index contributed by atoms with van der Waals surface area (Å²) in [5.41, 5.74) is 1.21. The molecule has 1 fully saturated rings. The minimum atomic E-state index is -1.93. The van der Waals surface area contributed by atoms with Gasteiger partial charge < -0.3 is 19.6 Å². The Morgan fingerprint density at radius 2 is 1.76 bits per heavy atom. The summed E-state index contributed by atoms with van der Waals surface area (Å²) in [6.07, 6.45) is 6.52. The number of ether oxygens (including phenoxy) is 1. The third kappa shape index (κ3) is 7.09. The molecule has 1 aliphatic rings. The number of amides is 1. The molecule has 2 aromatic carbocycles. The van der Waals surface area contributed by atoms with Gasteiger partial charge in [0.25, 0.3) is 11.8 Å². The number of carbonyl (C=O) groups excluding carboxylic acids is 1. The minimum absolute atomic E-state index is 0.0515. The Morgan fingerprint density at radius 3 is 2.46 bits per heavy atom. The third-order valence-corrected chi connectivity index (χ3v) is 13.5. The van der Waals surface area contributed by atoms with Crippen LogP contribution in [-0.4, -0.2) is 49.1 Å². The van der Waals surface area contributed by atoms with Crippen molar-refractivity contribution in [3.8, 4) is 11.6 Å². The summed E-state index contributed by atoms with van der Waals surface area (Å²) >= 11 is 0. The molecule has 4 rings (SSSR count). The first kappa shape index (κ1) is 31.0. The molecular weight excluding hydrogens is 530 g/mol. The van der Waals surface area contributed by atoms with Crippen LogP contribution >= 0.6 is 0 Å². The molecule has 1 amide bonds. The second-order valence-corrected chi connectivity index (χ2v) is 17.7. The first-order valence-electron chi connectivity index (χ1n) is 15.1. The largest absolute Gasteiger partial charge is 0.491 e. The minimum Gasteiger partial charge on any atom is -0.491 e. The average molecular weight is 578 g/mol. The van der Waals surface area contributed by atoms with E-state index in [1.54, 1.807) is 0 Å². The van der Waals surface area contributed by atoms with Crippen LogP contribution in [0.25, 0.3) is 10.8 Å². The number of benzene rings is 2. The molecular formula is C33H47N3O4Si. The summed E-state index contributed by atoms with van der Waals surface area (Å²) in [4.78, 5) is 22.7. The van der Waals surface area contributed by atoms with Gasteiger partial charge in [0.05, 0.1) is 13.2 Å². The molecule has 0 radical (unpaired) electrons. The maximum Gasteiger partial charge on any atom is 0.274 e. The number of rotatable bonds is 12. The molecule has 2 N–H and O–H groups in total. The van der Waals surface area contributed by atoms with E-state index < -0.39 is 8.32 Å². The Bertz CT molecular complexity index is 1340. The average Bonchev–Trinajstić information content (AvgIpc) is 3.40. The highest BCUT2D eigenvalue weighted by molar-refractivity contribution is 6.74. The van der Waals surface area contributed by atoms with Crippen LogP contribution < -0.4 is 10.1 Å². The van der Waals surface area contributed by atoms with Crippen LogP contribution in [0, 0.1) is 0 Å². The fourth-order valence-corrected chi connectivity index (χ4v) is 6.57. The quantitative estimate of drug-likeness (QED) is 0.173. The lowest BCUT2D eigenvalue weighted by Crippen LogP contribution is -2.42. The molecule has 0 unspecified atom stereocenters. The highest BCUT2D eigenvalue weighted by Crippen LogP contribution is 2.46. The molecule has 0 atom stereocenters. The van der Waals surface area contributed by atoms with Crippen molar-refractivity contribution < 1.29 is 19.1 Å². The van der Waals surface area contributed by atoms with Crippen molar-refractivity contribution in [2.24, 2.45) is 0 Å². The highest BCUT2D eigenvalue weighted by atomic mass is 28.4. The number of hydrogen-bond acceptors (Lipinski definition) is 6. The number of carbonyl (C=O) groups is 1. The van der Waals surface area contributed by atoms with Gasteiger partial charge in [-0.3, -0.25) is 4.79 Å². The van der Waals surface area contributed by atoms with E-state index in [1.807, 2.05) is 0 Å². The molecule has 41 heavy (non-hydrogen) atoms. The maximum atomic E-state index is 13.4. The number of unbranched alkanes of at least 4 members (excludes halogenated alkanes) is 1. The van der Waals surface area contributed by atoms with Crippen LogP contribution in [0.1, 0.15) is 88.1 Å². The lowest BCUT2D eigenvalue weighted by atomic mass is 9.74. The van der Waals surface area contributed by atoms with E-state index in [0.717, 1.165) is 38.5 Å². The molecule has 1 saturated carbocycles. The molecule has 1 heterocycles. The standard InChI is InChI=1S/C33H47N3O4Si/c1-7-8-21-39-29-28(30(37)34-20-22-40-41(5,6)32(2,3)4)35-27(36-31(29)38)23-33(18-11-12-19-33)26-17-13-15-24-14-9-10-16-25(24)26/h9-10,13-17H,7-8,11-12,18-23H2,1-6H3,(H,34,37)(H,35,36,38). The molecule has 7 nitrogen and oxygen atoms in total. The van der Waals surface area contributed by atoms with E-state index >= 15 is 0 Å². The van der Waals surface area contributed by atoms with Crippen LogP contribution in [0.3, 0.4) is 0 Å². The Labute approximate surface area is 246 Å². The normalized spacial score (nSPS) is 15.3. The van der Waals surface area contributed by atoms with Crippen molar-refractivity contribution in [1.82, 2.24) is 15.3 Å². The number of fused-ring (bicyclic) bond motifs is 1. The monoisotopic (exact) mass is 577 g/mol. The molecule has 222 valence electrons. The second kappa shape index (κ2) is 12.9. The number of nitrogens with zero attached hydrogens (tertiary/aromatic N) is 2. The van der Waals surface area contributed by atoms with Gasteiger partial charge in [-0.05, 0) is 53.7 Å². The maximum absolute atomic E-state index is 13.4. The van der Waals surface area contributed by atoms with Crippen LogP contribution in [0.5, 0.6) is 11.6 Å². The van der Waals surface area contributed by atoms with Crippen molar-refractivity contribution in [2.45, 2.75) is 96.2 Å². The number of hydrogen-bond donors (Lipinski definition) is 2. The molecule has 0 aliphatic heterocycles. The van der Waals surface area contributed by atoms with E-state index in [2.05, 4.69) is 93.6 Å². The van der Waals surface area contributed by atoms with Crippen molar-refractivity contribution in [3.63, 3.8) is 0 Å². The van der Waals surface area contributed by atoms with Crippen molar-refractivity contribution in [1.29, 1.82) is 0 Å². The number of nitrogens with one attached hydrogen (secondary N) is 1. The highest BCUT2D eigenvalue weighted by Gasteiger charge is 2.39. The van der Waals surface area contributed by atoms with Crippen molar-refractivity contribution >= 4 is 25.0 Å². The predicted molar refractivity (Wildman–Crippen MR) is 167 cm³/mol. The molecule has 8 heteroatoms. The summed E-state index contributed by atoms with van der Waals surface area (Å²) in [5.74, 6) is -0.154. The zero-order valence-electron chi connectivity index (χ0n) is 25.7. The summed E-state index contributed by atoms with van der Waals surface area (Å²) < 4.78 is 12.1. The molecule has 0 bridgehead atoms. The summed E-state index contributed by atoms with van der Waals surface area (Å²) in [5, 5.41) is 16.5. The fraction of sp³-hybridized carbons (Fsp3) is 0.545. The van der Waals surface area contributed by atoms with Gasteiger partial charge in [-0.2, -0.15) is 4.98 Å². The topological polar surface area (TPSA) is 93.6 Å². The van der Waals surface area contributed by atoms with Crippen LogP contribution in [0.4, 0.5) is 0 Å². The van der Waals surface area contributed by atoms with Crippen molar-refractivity contribution in [2.75, 3.05) is 19.8 Å². The number of aromatic nitrogens is 2. The van der Waals surface area contributed by atoms with Gasteiger partial charge in [-0.25, -0.2) is 4.98 Å². The lowest BCUT2D eigenvalue weighted by Gasteiger charge is -2.36. The lowest BCUT2D eigenvalue weighted by molar-refractivity contribution is 0.0934.